The summed E-state index contributed by atoms with van der Waals surface area (Å²) in [6.45, 7) is 0. The van der Waals surface area contributed by atoms with Gasteiger partial charge in [-0.2, -0.15) is 0 Å². The number of ketones is 1. The van der Waals surface area contributed by atoms with Crippen LogP contribution in [0.1, 0.15) is 16.2 Å². The molecule has 0 N–H and O–H groups in total. The minimum absolute atomic E-state index is 0.253. The molecule has 0 aliphatic heterocycles. The van der Waals surface area contributed by atoms with Gasteiger partial charge >= 0.3 is 0 Å². The van der Waals surface area contributed by atoms with Crippen molar-refractivity contribution >= 4 is 48.5 Å². The van der Waals surface area contributed by atoms with E-state index in [9.17, 15) is 4.79 Å². The molecule has 94 valence electrons. The standard InChI is InChI=1S/C14H7Br2NO2/c15-9-5-6-19-14(9)13(18)12-10(16)7-8-3-1-2-4-11(8)17-12/h1-7H. The zero-order valence-electron chi connectivity index (χ0n) is 9.56. The Kier molecular flexibility index (Phi) is 3.24. The van der Waals surface area contributed by atoms with E-state index in [4.69, 9.17) is 4.42 Å². The Labute approximate surface area is 125 Å². The van der Waals surface area contributed by atoms with Gasteiger partial charge in [-0.05, 0) is 50.1 Å². The summed E-state index contributed by atoms with van der Waals surface area (Å²) in [5.74, 6) is -0.00187. The van der Waals surface area contributed by atoms with Crippen molar-refractivity contribution in [2.24, 2.45) is 0 Å². The Hall–Kier alpha value is -1.46. The summed E-state index contributed by atoms with van der Waals surface area (Å²) >= 11 is 6.67. The lowest BCUT2D eigenvalue weighted by Gasteiger charge is -2.04. The predicted octanol–water partition coefficient (Wildman–Crippen LogP) is 4.58. The van der Waals surface area contributed by atoms with E-state index in [0.717, 1.165) is 10.9 Å². The minimum atomic E-state index is -0.255. The Bertz CT molecular complexity index is 780. The molecule has 0 aliphatic rings. The van der Waals surface area contributed by atoms with Gasteiger partial charge in [0, 0.05) is 9.86 Å². The average Bonchev–Trinajstić information content (AvgIpc) is 2.83. The highest BCUT2D eigenvalue weighted by atomic mass is 79.9. The van der Waals surface area contributed by atoms with Crippen molar-refractivity contribution in [1.82, 2.24) is 4.98 Å². The summed E-state index contributed by atoms with van der Waals surface area (Å²) in [6.07, 6.45) is 1.46. The van der Waals surface area contributed by atoms with Gasteiger partial charge in [-0.3, -0.25) is 4.79 Å². The first-order valence-electron chi connectivity index (χ1n) is 5.50. The lowest BCUT2D eigenvalue weighted by Crippen LogP contribution is -2.05. The Morgan fingerprint density at radius 3 is 2.63 bits per heavy atom. The summed E-state index contributed by atoms with van der Waals surface area (Å²) in [5.41, 5.74) is 1.12. The maximum Gasteiger partial charge on any atom is 0.248 e. The van der Waals surface area contributed by atoms with Gasteiger partial charge in [-0.1, -0.05) is 18.2 Å². The molecule has 0 aliphatic carbocycles. The third kappa shape index (κ3) is 2.24. The second kappa shape index (κ2) is 4.90. The molecule has 0 amide bonds. The molecule has 0 saturated carbocycles. The second-order valence-electron chi connectivity index (χ2n) is 3.94. The van der Waals surface area contributed by atoms with Gasteiger partial charge in [0.2, 0.25) is 5.78 Å². The van der Waals surface area contributed by atoms with Crippen LogP contribution in [0.2, 0.25) is 0 Å². The highest BCUT2D eigenvalue weighted by molar-refractivity contribution is 9.10. The van der Waals surface area contributed by atoms with Crippen LogP contribution in [0.5, 0.6) is 0 Å². The van der Waals surface area contributed by atoms with Crippen molar-refractivity contribution in [3.05, 3.63) is 63.1 Å². The van der Waals surface area contributed by atoms with E-state index >= 15 is 0 Å². The van der Waals surface area contributed by atoms with Crippen molar-refractivity contribution in [3.63, 3.8) is 0 Å². The molecule has 3 rings (SSSR count). The number of carbonyl (C=O) groups is 1. The van der Waals surface area contributed by atoms with Crippen LogP contribution in [0.4, 0.5) is 0 Å². The highest BCUT2D eigenvalue weighted by Crippen LogP contribution is 2.26. The van der Waals surface area contributed by atoms with Crippen molar-refractivity contribution < 1.29 is 9.21 Å². The van der Waals surface area contributed by atoms with Crippen LogP contribution in [-0.2, 0) is 0 Å². The van der Waals surface area contributed by atoms with Gasteiger partial charge in [0.05, 0.1) is 16.3 Å². The fraction of sp³-hybridized carbons (Fsp3) is 0. The number of para-hydroxylation sites is 1. The van der Waals surface area contributed by atoms with Crippen LogP contribution in [0.15, 0.2) is 56.0 Å². The summed E-state index contributed by atoms with van der Waals surface area (Å²) in [5, 5.41) is 0.976. The van der Waals surface area contributed by atoms with E-state index < -0.39 is 0 Å². The number of carbonyl (C=O) groups excluding carboxylic acids is 1. The van der Waals surface area contributed by atoms with E-state index in [2.05, 4.69) is 36.8 Å². The van der Waals surface area contributed by atoms with Crippen LogP contribution in [0, 0.1) is 0 Å². The third-order valence-electron chi connectivity index (χ3n) is 2.72. The first-order valence-corrected chi connectivity index (χ1v) is 7.08. The van der Waals surface area contributed by atoms with Gasteiger partial charge in [0.15, 0.2) is 5.76 Å². The van der Waals surface area contributed by atoms with Crippen molar-refractivity contribution in [2.45, 2.75) is 0 Å². The van der Waals surface area contributed by atoms with Gasteiger partial charge < -0.3 is 4.42 Å². The molecular formula is C14H7Br2NO2. The van der Waals surface area contributed by atoms with Crippen molar-refractivity contribution in [3.8, 4) is 0 Å². The summed E-state index contributed by atoms with van der Waals surface area (Å²) in [6, 6.07) is 11.2. The summed E-state index contributed by atoms with van der Waals surface area (Å²) in [4.78, 5) is 16.8. The first-order chi connectivity index (χ1) is 9.16. The van der Waals surface area contributed by atoms with Crippen LogP contribution in [0.3, 0.4) is 0 Å². The van der Waals surface area contributed by atoms with Crippen LogP contribution >= 0.6 is 31.9 Å². The molecule has 1 aromatic carbocycles. The van der Waals surface area contributed by atoms with Gasteiger partial charge in [0.25, 0.3) is 0 Å². The third-order valence-corrected chi connectivity index (χ3v) is 3.94. The molecule has 0 atom stereocenters. The topological polar surface area (TPSA) is 43.1 Å². The first kappa shape index (κ1) is 12.6. The minimum Gasteiger partial charge on any atom is -0.460 e. The summed E-state index contributed by atoms with van der Waals surface area (Å²) in [7, 11) is 0. The molecule has 5 heteroatoms. The van der Waals surface area contributed by atoms with E-state index in [1.165, 1.54) is 6.26 Å². The van der Waals surface area contributed by atoms with E-state index in [-0.39, 0.29) is 11.5 Å². The number of aromatic nitrogens is 1. The normalized spacial score (nSPS) is 10.8. The predicted molar refractivity (Wildman–Crippen MR) is 79.3 cm³/mol. The number of benzene rings is 1. The molecule has 19 heavy (non-hydrogen) atoms. The fourth-order valence-corrected chi connectivity index (χ4v) is 2.71. The SMILES string of the molecule is O=C(c1nc2ccccc2cc1Br)c1occc1Br. The van der Waals surface area contributed by atoms with E-state index in [1.807, 2.05) is 30.3 Å². The van der Waals surface area contributed by atoms with E-state index in [0.29, 0.717) is 14.6 Å². The monoisotopic (exact) mass is 379 g/mol. The Morgan fingerprint density at radius 2 is 1.89 bits per heavy atom. The Morgan fingerprint density at radius 1 is 1.11 bits per heavy atom. The molecule has 2 aromatic heterocycles. The Balaban J connectivity index is 2.17. The van der Waals surface area contributed by atoms with Crippen LogP contribution in [0.25, 0.3) is 10.9 Å². The number of hydrogen-bond acceptors (Lipinski definition) is 3. The molecule has 0 radical (unpaired) electrons. The molecule has 0 saturated heterocycles. The van der Waals surface area contributed by atoms with E-state index in [1.54, 1.807) is 6.07 Å². The van der Waals surface area contributed by atoms with Crippen LogP contribution < -0.4 is 0 Å². The number of halogens is 2. The molecule has 0 bridgehead atoms. The van der Waals surface area contributed by atoms with Crippen LogP contribution in [-0.4, -0.2) is 10.8 Å². The lowest BCUT2D eigenvalue weighted by atomic mass is 10.1. The highest BCUT2D eigenvalue weighted by Gasteiger charge is 2.20. The molecule has 0 unspecified atom stereocenters. The fourth-order valence-electron chi connectivity index (χ4n) is 1.81. The van der Waals surface area contributed by atoms with Crippen molar-refractivity contribution in [1.29, 1.82) is 0 Å². The molecule has 0 spiro atoms. The number of nitrogens with zero attached hydrogens (tertiary/aromatic N) is 1. The van der Waals surface area contributed by atoms with Crippen molar-refractivity contribution in [2.75, 3.05) is 0 Å². The molecule has 2 heterocycles. The number of furan rings is 1. The zero-order valence-corrected chi connectivity index (χ0v) is 12.7. The number of rotatable bonds is 2. The summed E-state index contributed by atoms with van der Waals surface area (Å²) < 4.78 is 6.47. The maximum absolute atomic E-state index is 12.4. The maximum atomic E-state index is 12.4. The van der Waals surface area contributed by atoms with Gasteiger partial charge in [0.1, 0.15) is 5.69 Å². The van der Waals surface area contributed by atoms with Gasteiger partial charge in [-0.15, -0.1) is 0 Å². The average molecular weight is 381 g/mol. The molecule has 3 aromatic rings. The van der Waals surface area contributed by atoms with Gasteiger partial charge in [-0.25, -0.2) is 4.98 Å². The number of hydrogen-bond donors (Lipinski definition) is 0. The number of fused-ring (bicyclic) bond motifs is 1. The molecular weight excluding hydrogens is 374 g/mol. The zero-order chi connectivity index (χ0) is 13.4. The lowest BCUT2D eigenvalue weighted by molar-refractivity contribution is 0.100. The molecule has 0 fully saturated rings. The largest absolute Gasteiger partial charge is 0.460 e. The smallest absolute Gasteiger partial charge is 0.248 e. The number of pyridine rings is 1. The second-order valence-corrected chi connectivity index (χ2v) is 5.65. The quantitative estimate of drug-likeness (QED) is 0.611. The molecule has 3 nitrogen and oxygen atoms in total.